The molecule has 1 atom stereocenters. The minimum absolute atomic E-state index is 0.259. The number of hydrogen-bond donors (Lipinski definition) is 2. The van der Waals surface area contributed by atoms with Crippen LogP contribution in [0.1, 0.15) is 17.2 Å². The first-order valence-electron chi connectivity index (χ1n) is 6.09. The van der Waals surface area contributed by atoms with Gasteiger partial charge in [-0.25, -0.2) is 4.39 Å². The van der Waals surface area contributed by atoms with Gasteiger partial charge >= 0.3 is 0 Å². The molecule has 2 aromatic rings. The monoisotopic (exact) mass is 278 g/mol. The zero-order valence-corrected chi connectivity index (χ0v) is 11.4. The van der Waals surface area contributed by atoms with E-state index in [1.54, 1.807) is 12.1 Å². The van der Waals surface area contributed by atoms with Crippen LogP contribution in [0, 0.1) is 12.7 Å². The van der Waals surface area contributed by atoms with Crippen LogP contribution in [0.2, 0.25) is 5.02 Å². The van der Waals surface area contributed by atoms with Crippen LogP contribution in [-0.2, 0) is 0 Å². The van der Waals surface area contributed by atoms with Gasteiger partial charge in [0.15, 0.2) is 0 Å². The van der Waals surface area contributed by atoms with Gasteiger partial charge in [0.05, 0.1) is 6.04 Å². The van der Waals surface area contributed by atoms with Crippen molar-refractivity contribution in [2.75, 3.05) is 11.9 Å². The Labute approximate surface area is 117 Å². The van der Waals surface area contributed by atoms with Crippen LogP contribution >= 0.6 is 11.6 Å². The van der Waals surface area contributed by atoms with E-state index >= 15 is 0 Å². The molecule has 0 radical (unpaired) electrons. The molecular formula is C15H16ClFN2. The maximum Gasteiger partial charge on any atom is 0.130 e. The van der Waals surface area contributed by atoms with Crippen molar-refractivity contribution >= 4 is 17.3 Å². The smallest absolute Gasteiger partial charge is 0.130 e. The van der Waals surface area contributed by atoms with E-state index < -0.39 is 0 Å². The van der Waals surface area contributed by atoms with E-state index in [-0.39, 0.29) is 18.4 Å². The van der Waals surface area contributed by atoms with Crippen molar-refractivity contribution in [2.24, 2.45) is 5.73 Å². The van der Waals surface area contributed by atoms with Gasteiger partial charge in [-0.3, -0.25) is 0 Å². The van der Waals surface area contributed by atoms with Crippen LogP contribution in [0.25, 0.3) is 0 Å². The minimum atomic E-state index is -0.351. The lowest BCUT2D eigenvalue weighted by atomic mass is 10.1. The summed E-state index contributed by atoms with van der Waals surface area (Å²) in [5.74, 6) is -0.344. The maximum absolute atomic E-state index is 13.9. The van der Waals surface area contributed by atoms with Crippen molar-refractivity contribution in [3.63, 3.8) is 0 Å². The molecule has 0 aliphatic heterocycles. The molecule has 0 fully saturated rings. The topological polar surface area (TPSA) is 38.0 Å². The summed E-state index contributed by atoms with van der Waals surface area (Å²) in [6.07, 6.45) is 0. The summed E-state index contributed by atoms with van der Waals surface area (Å²) in [6.45, 7) is 2.26. The first-order chi connectivity index (χ1) is 9.11. The molecule has 0 aromatic heterocycles. The zero-order valence-electron chi connectivity index (χ0n) is 10.7. The molecule has 0 heterocycles. The highest BCUT2D eigenvalue weighted by Crippen LogP contribution is 2.28. The summed E-state index contributed by atoms with van der Waals surface area (Å²) in [5.41, 5.74) is 8.17. The largest absolute Gasteiger partial charge is 0.377 e. The van der Waals surface area contributed by atoms with E-state index in [1.165, 1.54) is 6.07 Å². The molecule has 0 saturated heterocycles. The average Bonchev–Trinajstić information content (AvgIpc) is 2.37. The quantitative estimate of drug-likeness (QED) is 0.890. The third kappa shape index (κ3) is 3.25. The summed E-state index contributed by atoms with van der Waals surface area (Å²) in [7, 11) is 0. The number of anilines is 1. The van der Waals surface area contributed by atoms with Gasteiger partial charge in [-0.05, 0) is 36.8 Å². The molecule has 1 unspecified atom stereocenters. The van der Waals surface area contributed by atoms with Crippen molar-refractivity contribution in [3.8, 4) is 0 Å². The van der Waals surface area contributed by atoms with Crippen molar-refractivity contribution in [1.29, 1.82) is 0 Å². The van der Waals surface area contributed by atoms with Crippen LogP contribution in [0.3, 0.4) is 0 Å². The number of hydrogen-bond acceptors (Lipinski definition) is 2. The Kier molecular flexibility index (Phi) is 4.40. The molecule has 2 nitrogen and oxygen atoms in total. The molecule has 0 saturated carbocycles. The molecule has 2 rings (SSSR count). The first kappa shape index (κ1) is 13.8. The van der Waals surface area contributed by atoms with Gasteiger partial charge in [0.25, 0.3) is 0 Å². The molecule has 0 aliphatic carbocycles. The highest BCUT2D eigenvalue weighted by atomic mass is 35.5. The van der Waals surface area contributed by atoms with Crippen LogP contribution < -0.4 is 11.1 Å². The second-order valence-corrected chi connectivity index (χ2v) is 4.84. The molecule has 0 amide bonds. The minimum Gasteiger partial charge on any atom is -0.377 e. The van der Waals surface area contributed by atoms with Crippen molar-refractivity contribution in [3.05, 3.63) is 64.4 Å². The molecular weight excluding hydrogens is 263 g/mol. The van der Waals surface area contributed by atoms with E-state index in [4.69, 9.17) is 17.3 Å². The van der Waals surface area contributed by atoms with Crippen LogP contribution in [0.4, 0.5) is 10.1 Å². The molecule has 19 heavy (non-hydrogen) atoms. The van der Waals surface area contributed by atoms with Crippen LogP contribution in [0.15, 0.2) is 42.5 Å². The highest BCUT2D eigenvalue weighted by Gasteiger charge is 2.17. The molecule has 0 spiro atoms. The molecule has 3 N–H and O–H groups in total. The Bertz CT molecular complexity index is 552. The summed E-state index contributed by atoms with van der Waals surface area (Å²) < 4.78 is 13.9. The maximum atomic E-state index is 13.9. The third-order valence-electron chi connectivity index (χ3n) is 2.94. The Morgan fingerprint density at radius 2 is 2.00 bits per heavy atom. The van der Waals surface area contributed by atoms with E-state index in [0.29, 0.717) is 10.6 Å². The number of aryl methyl sites for hydroxylation is 1. The number of nitrogens with two attached hydrogens (primary N) is 1. The van der Waals surface area contributed by atoms with E-state index in [2.05, 4.69) is 5.32 Å². The van der Waals surface area contributed by atoms with Crippen molar-refractivity contribution < 1.29 is 4.39 Å². The van der Waals surface area contributed by atoms with Crippen molar-refractivity contribution in [2.45, 2.75) is 13.0 Å². The van der Waals surface area contributed by atoms with E-state index in [9.17, 15) is 4.39 Å². The number of rotatable bonds is 4. The second-order valence-electron chi connectivity index (χ2n) is 4.44. The molecule has 4 heteroatoms. The van der Waals surface area contributed by atoms with Gasteiger partial charge in [-0.2, -0.15) is 0 Å². The number of benzene rings is 2. The summed E-state index contributed by atoms with van der Waals surface area (Å²) >= 11 is 6.06. The van der Waals surface area contributed by atoms with Gasteiger partial charge in [0.1, 0.15) is 5.82 Å². The second kappa shape index (κ2) is 6.04. The standard InChI is InChI=1S/C15H16ClFN2/c1-10-4-2-5-11(8-10)19-14(9-18)15-12(16)6-3-7-13(15)17/h2-8,14,19H,9,18H2,1H3. The normalized spacial score (nSPS) is 12.2. The number of halogens is 2. The van der Waals surface area contributed by atoms with Gasteiger partial charge in [-0.15, -0.1) is 0 Å². The van der Waals surface area contributed by atoms with E-state index in [1.807, 2.05) is 31.2 Å². The molecule has 0 bridgehead atoms. The van der Waals surface area contributed by atoms with Gasteiger partial charge in [0, 0.05) is 22.8 Å². The molecule has 0 aliphatic rings. The number of nitrogens with one attached hydrogen (secondary N) is 1. The van der Waals surface area contributed by atoms with Crippen LogP contribution in [-0.4, -0.2) is 6.54 Å². The Balaban J connectivity index is 2.30. The van der Waals surface area contributed by atoms with Gasteiger partial charge < -0.3 is 11.1 Å². The fourth-order valence-corrected chi connectivity index (χ4v) is 2.32. The highest BCUT2D eigenvalue weighted by molar-refractivity contribution is 6.31. The fourth-order valence-electron chi connectivity index (χ4n) is 2.03. The SMILES string of the molecule is Cc1cccc(NC(CN)c2c(F)cccc2Cl)c1. The van der Waals surface area contributed by atoms with Crippen molar-refractivity contribution in [1.82, 2.24) is 0 Å². The van der Waals surface area contributed by atoms with Gasteiger partial charge in [0.2, 0.25) is 0 Å². The Morgan fingerprint density at radius 3 is 2.63 bits per heavy atom. The average molecular weight is 279 g/mol. The first-order valence-corrected chi connectivity index (χ1v) is 6.47. The molecule has 2 aromatic carbocycles. The zero-order chi connectivity index (χ0) is 13.8. The summed E-state index contributed by atoms with van der Waals surface area (Å²) in [5, 5.41) is 3.60. The third-order valence-corrected chi connectivity index (χ3v) is 3.27. The lowest BCUT2D eigenvalue weighted by molar-refractivity contribution is 0.593. The Morgan fingerprint density at radius 1 is 1.26 bits per heavy atom. The predicted molar refractivity (Wildman–Crippen MR) is 78.0 cm³/mol. The Hall–Kier alpha value is -1.58. The summed E-state index contributed by atoms with van der Waals surface area (Å²) in [6, 6.07) is 12.1. The van der Waals surface area contributed by atoms with E-state index in [0.717, 1.165) is 11.3 Å². The lowest BCUT2D eigenvalue weighted by Gasteiger charge is -2.20. The lowest BCUT2D eigenvalue weighted by Crippen LogP contribution is -2.22. The van der Waals surface area contributed by atoms with Crippen LogP contribution in [0.5, 0.6) is 0 Å². The fraction of sp³-hybridized carbons (Fsp3) is 0.200. The summed E-state index contributed by atoms with van der Waals surface area (Å²) in [4.78, 5) is 0. The molecule has 100 valence electrons. The predicted octanol–water partition coefficient (Wildman–Crippen LogP) is 3.90. The van der Waals surface area contributed by atoms with Gasteiger partial charge in [-0.1, -0.05) is 29.8 Å².